The zero-order valence-corrected chi connectivity index (χ0v) is 16.9. The van der Waals surface area contributed by atoms with Crippen LogP contribution in [0.15, 0.2) is 9.59 Å². The molecule has 7 heteroatoms. The molecule has 1 aliphatic rings. The normalized spacial score (nSPS) is 15.3. The third-order valence-corrected chi connectivity index (χ3v) is 5.26. The van der Waals surface area contributed by atoms with Gasteiger partial charge in [-0.05, 0) is 31.1 Å². The van der Waals surface area contributed by atoms with Gasteiger partial charge in [-0.15, -0.1) is 0 Å². The Morgan fingerprint density at radius 3 is 2.52 bits per heavy atom. The zero-order valence-electron chi connectivity index (χ0n) is 16.9. The van der Waals surface area contributed by atoms with Crippen LogP contribution in [0.4, 0.5) is 11.5 Å². The summed E-state index contributed by atoms with van der Waals surface area (Å²) in [6.07, 6.45) is 7.77. The van der Waals surface area contributed by atoms with E-state index in [1.807, 2.05) is 20.8 Å². The van der Waals surface area contributed by atoms with Crippen LogP contribution in [0.1, 0.15) is 72.1 Å². The predicted molar refractivity (Wildman–Crippen MR) is 109 cm³/mol. The highest BCUT2D eigenvalue weighted by Gasteiger charge is 2.27. The molecule has 1 heterocycles. The van der Waals surface area contributed by atoms with Crippen LogP contribution in [-0.2, 0) is 11.3 Å². The molecule has 3 N–H and O–H groups in total. The van der Waals surface area contributed by atoms with Crippen molar-refractivity contribution in [2.24, 2.45) is 11.8 Å². The minimum absolute atomic E-state index is 0.0755. The van der Waals surface area contributed by atoms with E-state index >= 15 is 0 Å². The average Bonchev–Trinajstić information content (AvgIpc) is 2.61. The topological polar surface area (TPSA) is 101 Å². The fourth-order valence-electron chi connectivity index (χ4n) is 3.81. The Balaban J connectivity index is 2.38. The molecule has 2 rings (SSSR count). The summed E-state index contributed by atoms with van der Waals surface area (Å²) in [5.74, 6) is 0.561. The summed E-state index contributed by atoms with van der Waals surface area (Å²) in [4.78, 5) is 41.7. The first-order valence-corrected chi connectivity index (χ1v) is 10.3. The molecule has 0 spiro atoms. The Bertz CT molecular complexity index is 745. The van der Waals surface area contributed by atoms with Gasteiger partial charge < -0.3 is 10.6 Å². The number of H-pyrrole nitrogens is 1. The number of nitrogens with zero attached hydrogens (tertiary/aromatic N) is 2. The van der Waals surface area contributed by atoms with Gasteiger partial charge in [0.1, 0.15) is 5.82 Å². The molecular formula is C20H34N4O3. The maximum atomic E-state index is 13.1. The number of unbranched alkanes of at least 4 members (excludes halogenated alkanes) is 1. The van der Waals surface area contributed by atoms with Crippen LogP contribution >= 0.6 is 0 Å². The van der Waals surface area contributed by atoms with Crippen LogP contribution in [0.25, 0.3) is 0 Å². The lowest BCUT2D eigenvalue weighted by molar-refractivity contribution is -0.119. The lowest BCUT2D eigenvalue weighted by atomic mass is 9.86. The van der Waals surface area contributed by atoms with Crippen molar-refractivity contribution in [2.75, 3.05) is 17.2 Å². The van der Waals surface area contributed by atoms with E-state index in [2.05, 4.69) is 4.98 Å². The second kappa shape index (κ2) is 9.76. The number of carbonyl (C=O) groups excluding carboxylic acids is 1. The number of anilines is 2. The fourth-order valence-corrected chi connectivity index (χ4v) is 3.81. The molecule has 152 valence electrons. The molecule has 27 heavy (non-hydrogen) atoms. The van der Waals surface area contributed by atoms with Crippen molar-refractivity contribution in [3.05, 3.63) is 20.8 Å². The molecule has 1 saturated carbocycles. The highest BCUT2D eigenvalue weighted by Crippen LogP contribution is 2.28. The molecule has 1 aromatic rings. The number of hydrogen-bond acceptors (Lipinski definition) is 4. The highest BCUT2D eigenvalue weighted by atomic mass is 16.2. The number of nitrogens with one attached hydrogen (secondary N) is 1. The quantitative estimate of drug-likeness (QED) is 0.726. The number of rotatable bonds is 8. The molecule has 0 unspecified atom stereocenters. The first-order chi connectivity index (χ1) is 12.8. The van der Waals surface area contributed by atoms with Crippen molar-refractivity contribution < 1.29 is 4.79 Å². The van der Waals surface area contributed by atoms with Crippen LogP contribution < -0.4 is 21.9 Å². The third-order valence-electron chi connectivity index (χ3n) is 5.26. The molecule has 1 aliphatic carbocycles. The first-order valence-electron chi connectivity index (χ1n) is 10.3. The second-order valence-electron chi connectivity index (χ2n) is 8.10. The molecule has 0 aromatic carbocycles. The summed E-state index contributed by atoms with van der Waals surface area (Å²) in [5, 5.41) is 0. The van der Waals surface area contributed by atoms with Crippen LogP contribution in [0.3, 0.4) is 0 Å². The first kappa shape index (κ1) is 21.3. The SMILES string of the molecule is CCCCn1c(N)c(N(CC(C)C)C(=O)CC2CCCCC2)c(=O)[nH]c1=O. The van der Waals surface area contributed by atoms with Crippen molar-refractivity contribution in [1.29, 1.82) is 0 Å². The van der Waals surface area contributed by atoms with Gasteiger partial charge in [-0.2, -0.15) is 0 Å². The molecule has 1 aromatic heterocycles. The molecular weight excluding hydrogens is 344 g/mol. The summed E-state index contributed by atoms with van der Waals surface area (Å²) in [6.45, 7) is 6.85. The van der Waals surface area contributed by atoms with Crippen LogP contribution in [0.2, 0.25) is 0 Å². The standard InChI is InChI=1S/C20H34N4O3/c1-4-5-11-23-18(21)17(19(26)22-20(23)27)24(13-14(2)3)16(25)12-15-9-7-6-8-10-15/h14-15H,4-13,21H2,1-3H3,(H,22,26,27). The molecule has 0 aliphatic heterocycles. The smallest absolute Gasteiger partial charge is 0.330 e. The lowest BCUT2D eigenvalue weighted by Crippen LogP contribution is -2.43. The maximum absolute atomic E-state index is 13.1. The van der Waals surface area contributed by atoms with Crippen molar-refractivity contribution in [3.63, 3.8) is 0 Å². The maximum Gasteiger partial charge on any atom is 0.330 e. The van der Waals surface area contributed by atoms with Gasteiger partial charge in [0, 0.05) is 19.5 Å². The lowest BCUT2D eigenvalue weighted by Gasteiger charge is -2.29. The van der Waals surface area contributed by atoms with Gasteiger partial charge >= 0.3 is 5.69 Å². The average molecular weight is 379 g/mol. The van der Waals surface area contributed by atoms with Crippen molar-refractivity contribution in [2.45, 2.75) is 78.7 Å². The van der Waals surface area contributed by atoms with E-state index in [0.29, 0.717) is 25.4 Å². The summed E-state index contributed by atoms with van der Waals surface area (Å²) in [5.41, 5.74) is 5.25. The molecule has 0 saturated heterocycles. The monoisotopic (exact) mass is 378 g/mol. The Morgan fingerprint density at radius 2 is 1.93 bits per heavy atom. The van der Waals surface area contributed by atoms with Crippen molar-refractivity contribution in [1.82, 2.24) is 9.55 Å². The van der Waals surface area contributed by atoms with Gasteiger partial charge in [-0.3, -0.25) is 19.1 Å². The third kappa shape index (κ3) is 5.47. The summed E-state index contributed by atoms with van der Waals surface area (Å²) in [6, 6.07) is 0. The number of carbonyl (C=O) groups is 1. The molecule has 0 bridgehead atoms. The molecule has 1 fully saturated rings. The van der Waals surface area contributed by atoms with Gasteiger partial charge in [0.05, 0.1) is 0 Å². The minimum Gasteiger partial charge on any atom is -0.383 e. The minimum atomic E-state index is -0.581. The van der Waals surface area contributed by atoms with Crippen molar-refractivity contribution in [3.8, 4) is 0 Å². The number of amides is 1. The molecule has 0 radical (unpaired) electrons. The van der Waals surface area contributed by atoms with Gasteiger partial charge in [-0.25, -0.2) is 4.79 Å². The predicted octanol–water partition coefficient (Wildman–Crippen LogP) is 2.88. The second-order valence-corrected chi connectivity index (χ2v) is 8.10. The summed E-state index contributed by atoms with van der Waals surface area (Å²) < 4.78 is 1.38. The number of nitrogens with two attached hydrogens (primary N) is 1. The Labute approximate surface area is 160 Å². The van der Waals surface area contributed by atoms with E-state index in [1.54, 1.807) is 0 Å². The van der Waals surface area contributed by atoms with Gasteiger partial charge in [0.15, 0.2) is 5.69 Å². The number of aromatic amines is 1. The molecule has 1 amide bonds. The Morgan fingerprint density at radius 1 is 1.26 bits per heavy atom. The summed E-state index contributed by atoms with van der Waals surface area (Å²) >= 11 is 0. The van der Waals surface area contributed by atoms with E-state index in [9.17, 15) is 14.4 Å². The van der Waals surface area contributed by atoms with Gasteiger partial charge in [0.2, 0.25) is 5.91 Å². The van der Waals surface area contributed by atoms with E-state index in [0.717, 1.165) is 38.5 Å². The molecule has 7 nitrogen and oxygen atoms in total. The van der Waals surface area contributed by atoms with E-state index in [4.69, 9.17) is 5.73 Å². The van der Waals surface area contributed by atoms with E-state index < -0.39 is 11.2 Å². The largest absolute Gasteiger partial charge is 0.383 e. The van der Waals surface area contributed by atoms with E-state index in [1.165, 1.54) is 15.9 Å². The fraction of sp³-hybridized carbons (Fsp3) is 0.750. The Kier molecular flexibility index (Phi) is 7.68. The molecule has 0 atom stereocenters. The number of hydrogen-bond donors (Lipinski definition) is 2. The van der Waals surface area contributed by atoms with Gasteiger partial charge in [0.25, 0.3) is 5.56 Å². The number of nitrogen functional groups attached to an aromatic ring is 1. The number of aromatic nitrogens is 2. The van der Waals surface area contributed by atoms with E-state index in [-0.39, 0.29) is 23.3 Å². The zero-order chi connectivity index (χ0) is 20.0. The van der Waals surface area contributed by atoms with Gasteiger partial charge in [-0.1, -0.05) is 46.5 Å². The van der Waals surface area contributed by atoms with Crippen LogP contribution in [0.5, 0.6) is 0 Å². The summed E-state index contributed by atoms with van der Waals surface area (Å²) in [7, 11) is 0. The van der Waals surface area contributed by atoms with Crippen LogP contribution in [0, 0.1) is 11.8 Å². The van der Waals surface area contributed by atoms with Crippen molar-refractivity contribution >= 4 is 17.4 Å². The van der Waals surface area contributed by atoms with Crippen LogP contribution in [-0.4, -0.2) is 22.0 Å². The highest BCUT2D eigenvalue weighted by molar-refractivity contribution is 5.95. The Hall–Kier alpha value is -2.05.